The van der Waals surface area contributed by atoms with E-state index < -0.39 is 5.97 Å². The highest BCUT2D eigenvalue weighted by molar-refractivity contribution is 6.10. The zero-order chi connectivity index (χ0) is 12.6. The number of halogens is 1. The summed E-state index contributed by atoms with van der Waals surface area (Å²) in [5.41, 5.74) is 6.95. The van der Waals surface area contributed by atoms with Crippen LogP contribution in [-0.4, -0.2) is 17.6 Å². The predicted octanol–water partition coefficient (Wildman–Crippen LogP) is 2.37. The molecule has 90 valence electrons. The predicted molar refractivity (Wildman–Crippen MR) is 63.4 cm³/mol. The summed E-state index contributed by atoms with van der Waals surface area (Å²) < 4.78 is 18.4. The zero-order valence-electron chi connectivity index (χ0n) is 9.63. The standard InChI is InChI=1S/C12H13FN2O2/c1-3-17-12(16)10-9-6(2)7(13)4-5-8(9)15-11(10)14/h4-5,15H,3,14H2,1-2H3. The molecular formula is C12H13FN2O2. The molecule has 0 spiro atoms. The van der Waals surface area contributed by atoms with Gasteiger partial charge >= 0.3 is 5.97 Å². The lowest BCUT2D eigenvalue weighted by Crippen LogP contribution is -2.07. The number of carbonyl (C=O) groups is 1. The molecule has 0 atom stereocenters. The van der Waals surface area contributed by atoms with E-state index in [0.717, 1.165) is 0 Å². The van der Waals surface area contributed by atoms with E-state index in [-0.39, 0.29) is 23.8 Å². The van der Waals surface area contributed by atoms with Crippen LogP contribution in [0, 0.1) is 12.7 Å². The van der Waals surface area contributed by atoms with E-state index in [4.69, 9.17) is 10.5 Å². The SMILES string of the molecule is CCOC(=O)c1c(N)[nH]c2ccc(F)c(C)c12. The molecular weight excluding hydrogens is 223 g/mol. The second-order valence-corrected chi connectivity index (χ2v) is 3.73. The van der Waals surface area contributed by atoms with Crippen molar-refractivity contribution < 1.29 is 13.9 Å². The number of ether oxygens (including phenoxy) is 1. The van der Waals surface area contributed by atoms with Gasteiger partial charge in [0.05, 0.1) is 6.61 Å². The van der Waals surface area contributed by atoms with Crippen LogP contribution in [0.5, 0.6) is 0 Å². The number of hydrogen-bond donors (Lipinski definition) is 2. The van der Waals surface area contributed by atoms with Crippen molar-refractivity contribution in [1.82, 2.24) is 4.98 Å². The molecule has 1 heterocycles. The number of hydrogen-bond acceptors (Lipinski definition) is 3. The molecule has 17 heavy (non-hydrogen) atoms. The van der Waals surface area contributed by atoms with E-state index in [2.05, 4.69) is 4.98 Å². The second-order valence-electron chi connectivity index (χ2n) is 3.73. The van der Waals surface area contributed by atoms with Gasteiger partial charge in [-0.15, -0.1) is 0 Å². The molecule has 0 aliphatic heterocycles. The minimum Gasteiger partial charge on any atom is -0.462 e. The van der Waals surface area contributed by atoms with Gasteiger partial charge in [0.1, 0.15) is 17.2 Å². The highest BCUT2D eigenvalue weighted by atomic mass is 19.1. The molecule has 0 unspecified atom stereocenters. The number of anilines is 1. The first-order valence-corrected chi connectivity index (χ1v) is 5.29. The third-order valence-corrected chi connectivity index (χ3v) is 2.67. The molecule has 0 aliphatic carbocycles. The molecule has 0 bridgehead atoms. The largest absolute Gasteiger partial charge is 0.462 e. The van der Waals surface area contributed by atoms with Crippen LogP contribution in [0.15, 0.2) is 12.1 Å². The lowest BCUT2D eigenvalue weighted by atomic mass is 10.1. The third-order valence-electron chi connectivity index (χ3n) is 2.67. The maximum absolute atomic E-state index is 13.5. The summed E-state index contributed by atoms with van der Waals surface area (Å²) >= 11 is 0. The Morgan fingerprint density at radius 1 is 1.53 bits per heavy atom. The molecule has 3 N–H and O–H groups in total. The number of aryl methyl sites for hydroxylation is 1. The summed E-state index contributed by atoms with van der Waals surface area (Å²) in [4.78, 5) is 14.6. The second kappa shape index (κ2) is 4.08. The van der Waals surface area contributed by atoms with Crippen LogP contribution >= 0.6 is 0 Å². The Balaban J connectivity index is 2.73. The first-order valence-electron chi connectivity index (χ1n) is 5.29. The minimum atomic E-state index is -0.537. The van der Waals surface area contributed by atoms with Gasteiger partial charge in [-0.1, -0.05) is 0 Å². The van der Waals surface area contributed by atoms with Gasteiger partial charge in [-0.05, 0) is 31.5 Å². The van der Waals surface area contributed by atoms with Crippen molar-refractivity contribution in [2.75, 3.05) is 12.3 Å². The molecule has 2 rings (SSSR count). The Kier molecular flexibility index (Phi) is 2.75. The maximum atomic E-state index is 13.5. The number of benzene rings is 1. The van der Waals surface area contributed by atoms with Crippen molar-refractivity contribution >= 4 is 22.7 Å². The van der Waals surface area contributed by atoms with Crippen LogP contribution in [0.25, 0.3) is 10.9 Å². The number of rotatable bonds is 2. The summed E-state index contributed by atoms with van der Waals surface area (Å²) in [5.74, 6) is -0.709. The monoisotopic (exact) mass is 236 g/mol. The molecule has 0 amide bonds. The van der Waals surface area contributed by atoms with Crippen molar-refractivity contribution in [3.05, 3.63) is 29.1 Å². The van der Waals surface area contributed by atoms with E-state index in [1.54, 1.807) is 19.9 Å². The number of carbonyl (C=O) groups excluding carboxylic acids is 1. The van der Waals surface area contributed by atoms with Crippen molar-refractivity contribution in [1.29, 1.82) is 0 Å². The lowest BCUT2D eigenvalue weighted by molar-refractivity contribution is 0.0530. The summed E-state index contributed by atoms with van der Waals surface area (Å²) in [6.07, 6.45) is 0. The minimum absolute atomic E-state index is 0.201. The Hall–Kier alpha value is -2.04. The first-order chi connectivity index (χ1) is 8.06. The molecule has 1 aromatic heterocycles. The molecule has 0 saturated heterocycles. The van der Waals surface area contributed by atoms with Crippen LogP contribution in [0.2, 0.25) is 0 Å². The van der Waals surface area contributed by atoms with Gasteiger partial charge in [0.2, 0.25) is 0 Å². The molecule has 0 fully saturated rings. The molecule has 0 radical (unpaired) electrons. The number of aromatic amines is 1. The van der Waals surface area contributed by atoms with Gasteiger partial charge in [0.15, 0.2) is 0 Å². The van der Waals surface area contributed by atoms with E-state index in [0.29, 0.717) is 16.5 Å². The smallest absolute Gasteiger partial charge is 0.342 e. The molecule has 4 nitrogen and oxygen atoms in total. The van der Waals surface area contributed by atoms with Gasteiger partial charge in [-0.25, -0.2) is 9.18 Å². The van der Waals surface area contributed by atoms with Gasteiger partial charge in [-0.3, -0.25) is 0 Å². The van der Waals surface area contributed by atoms with Crippen LogP contribution < -0.4 is 5.73 Å². The summed E-state index contributed by atoms with van der Waals surface area (Å²) in [6.45, 7) is 3.56. The van der Waals surface area contributed by atoms with Crippen LogP contribution in [-0.2, 0) is 4.74 Å². The van der Waals surface area contributed by atoms with Gasteiger partial charge in [0, 0.05) is 10.9 Å². The molecule has 0 saturated carbocycles. The topological polar surface area (TPSA) is 68.1 Å². The van der Waals surface area contributed by atoms with Crippen LogP contribution in [0.3, 0.4) is 0 Å². The van der Waals surface area contributed by atoms with Crippen LogP contribution in [0.1, 0.15) is 22.8 Å². The first kappa shape index (κ1) is 11.4. The Morgan fingerprint density at radius 2 is 2.24 bits per heavy atom. The molecule has 2 aromatic rings. The van der Waals surface area contributed by atoms with Gasteiger partial charge < -0.3 is 15.5 Å². The van der Waals surface area contributed by atoms with Crippen molar-refractivity contribution in [3.63, 3.8) is 0 Å². The number of nitrogens with two attached hydrogens (primary N) is 1. The van der Waals surface area contributed by atoms with Gasteiger partial charge in [-0.2, -0.15) is 0 Å². The number of aromatic nitrogens is 1. The number of H-pyrrole nitrogens is 1. The van der Waals surface area contributed by atoms with Crippen LogP contribution in [0.4, 0.5) is 10.2 Å². The lowest BCUT2D eigenvalue weighted by Gasteiger charge is -2.03. The molecule has 5 heteroatoms. The molecule has 0 aliphatic rings. The fraction of sp³-hybridized carbons (Fsp3) is 0.250. The highest BCUT2D eigenvalue weighted by Gasteiger charge is 2.20. The van der Waals surface area contributed by atoms with Crippen molar-refractivity contribution in [2.24, 2.45) is 0 Å². The van der Waals surface area contributed by atoms with Crippen molar-refractivity contribution in [2.45, 2.75) is 13.8 Å². The highest BCUT2D eigenvalue weighted by Crippen LogP contribution is 2.29. The summed E-state index contributed by atoms with van der Waals surface area (Å²) in [7, 11) is 0. The maximum Gasteiger partial charge on any atom is 0.342 e. The van der Waals surface area contributed by atoms with E-state index in [9.17, 15) is 9.18 Å². The number of nitrogen functional groups attached to an aromatic ring is 1. The van der Waals surface area contributed by atoms with E-state index >= 15 is 0 Å². The summed E-state index contributed by atoms with van der Waals surface area (Å²) in [6, 6.07) is 2.89. The molecule has 1 aromatic carbocycles. The Labute approximate surface area is 97.6 Å². The third kappa shape index (κ3) is 1.73. The number of nitrogens with one attached hydrogen (secondary N) is 1. The Bertz CT molecular complexity index is 590. The Morgan fingerprint density at radius 3 is 2.88 bits per heavy atom. The quantitative estimate of drug-likeness (QED) is 0.786. The average Bonchev–Trinajstić information content (AvgIpc) is 2.61. The number of esters is 1. The fourth-order valence-electron chi connectivity index (χ4n) is 1.87. The fourth-order valence-corrected chi connectivity index (χ4v) is 1.87. The van der Waals surface area contributed by atoms with Crippen molar-refractivity contribution in [3.8, 4) is 0 Å². The summed E-state index contributed by atoms with van der Waals surface area (Å²) in [5, 5.41) is 0.487. The average molecular weight is 236 g/mol. The van der Waals surface area contributed by atoms with Gasteiger partial charge in [0.25, 0.3) is 0 Å². The van der Waals surface area contributed by atoms with E-state index in [1.807, 2.05) is 0 Å². The zero-order valence-corrected chi connectivity index (χ0v) is 9.63. The van der Waals surface area contributed by atoms with E-state index in [1.165, 1.54) is 6.07 Å². The number of fused-ring (bicyclic) bond motifs is 1. The normalized spacial score (nSPS) is 10.8.